The first-order chi connectivity index (χ1) is 12.2. The number of para-hydroxylation sites is 2. The van der Waals surface area contributed by atoms with Gasteiger partial charge in [0.2, 0.25) is 5.91 Å². The zero-order valence-electron chi connectivity index (χ0n) is 13.7. The highest BCUT2D eigenvalue weighted by molar-refractivity contribution is 5.93. The lowest BCUT2D eigenvalue weighted by atomic mass is 10.2. The molecule has 0 saturated carbocycles. The summed E-state index contributed by atoms with van der Waals surface area (Å²) in [4.78, 5) is 16.8. The van der Waals surface area contributed by atoms with Crippen molar-refractivity contribution < 1.29 is 19.0 Å². The highest BCUT2D eigenvalue weighted by Crippen LogP contribution is 2.34. The molecular weight excluding hydrogens is 322 g/mol. The molecule has 2 heterocycles. The smallest absolute Gasteiger partial charge is 0.244 e. The normalized spacial score (nSPS) is 12.8. The van der Waals surface area contributed by atoms with Crippen LogP contribution in [0.1, 0.15) is 0 Å². The number of methoxy groups -OCH3 is 1. The van der Waals surface area contributed by atoms with Gasteiger partial charge in [-0.3, -0.25) is 4.79 Å². The minimum absolute atomic E-state index is 0.133. The number of ether oxygens (including phenoxy) is 3. The average molecular weight is 339 g/mol. The third-order valence-electron chi connectivity index (χ3n) is 3.98. The first-order valence-corrected chi connectivity index (χ1v) is 7.92. The van der Waals surface area contributed by atoms with Crippen LogP contribution in [0, 0.1) is 0 Å². The molecule has 1 aliphatic rings. The molecule has 0 unspecified atom stereocenters. The van der Waals surface area contributed by atoms with Gasteiger partial charge in [0, 0.05) is 12.1 Å². The van der Waals surface area contributed by atoms with E-state index in [9.17, 15) is 4.79 Å². The average Bonchev–Trinajstić information content (AvgIpc) is 3.02. The molecule has 7 nitrogen and oxygen atoms in total. The first kappa shape index (κ1) is 15.3. The number of nitrogens with zero attached hydrogens (tertiary/aromatic N) is 2. The van der Waals surface area contributed by atoms with E-state index in [2.05, 4.69) is 10.3 Å². The highest BCUT2D eigenvalue weighted by Gasteiger charge is 2.16. The van der Waals surface area contributed by atoms with Gasteiger partial charge in [-0.15, -0.1) is 0 Å². The Morgan fingerprint density at radius 2 is 2.00 bits per heavy atom. The van der Waals surface area contributed by atoms with Crippen molar-refractivity contribution in [3.05, 3.63) is 42.7 Å². The number of hydrogen-bond donors (Lipinski definition) is 1. The third kappa shape index (κ3) is 2.96. The van der Waals surface area contributed by atoms with Gasteiger partial charge >= 0.3 is 0 Å². The quantitative estimate of drug-likeness (QED) is 0.790. The van der Waals surface area contributed by atoms with Crippen LogP contribution in [0.25, 0.3) is 11.0 Å². The van der Waals surface area contributed by atoms with Gasteiger partial charge in [0.05, 0.1) is 30.2 Å². The first-order valence-electron chi connectivity index (χ1n) is 7.92. The molecule has 25 heavy (non-hydrogen) atoms. The summed E-state index contributed by atoms with van der Waals surface area (Å²) in [6, 6.07) is 11.0. The molecule has 0 aliphatic carbocycles. The fourth-order valence-electron chi connectivity index (χ4n) is 2.81. The zero-order valence-corrected chi connectivity index (χ0v) is 13.7. The fraction of sp³-hybridized carbons (Fsp3) is 0.222. The summed E-state index contributed by atoms with van der Waals surface area (Å²) in [6.07, 6.45) is 1.64. The number of rotatable bonds is 4. The van der Waals surface area contributed by atoms with E-state index in [-0.39, 0.29) is 12.5 Å². The zero-order chi connectivity index (χ0) is 17.2. The Labute approximate surface area is 144 Å². The van der Waals surface area contributed by atoms with Crippen molar-refractivity contribution in [2.45, 2.75) is 6.54 Å². The predicted molar refractivity (Wildman–Crippen MR) is 92.3 cm³/mol. The Morgan fingerprint density at radius 3 is 2.80 bits per heavy atom. The van der Waals surface area contributed by atoms with Gasteiger partial charge in [-0.1, -0.05) is 12.1 Å². The van der Waals surface area contributed by atoms with Crippen LogP contribution in [0.2, 0.25) is 0 Å². The summed E-state index contributed by atoms with van der Waals surface area (Å²) in [5.74, 6) is 1.80. The molecule has 0 saturated heterocycles. The largest absolute Gasteiger partial charge is 0.495 e. The van der Waals surface area contributed by atoms with Crippen LogP contribution in [0.4, 0.5) is 5.69 Å². The fourth-order valence-corrected chi connectivity index (χ4v) is 2.81. The minimum atomic E-state index is -0.168. The number of amides is 1. The topological polar surface area (TPSA) is 74.6 Å². The molecule has 3 aromatic rings. The second-order valence-electron chi connectivity index (χ2n) is 5.61. The molecule has 1 aliphatic heterocycles. The molecule has 128 valence electrons. The lowest BCUT2D eigenvalue weighted by Crippen LogP contribution is -2.19. The Kier molecular flexibility index (Phi) is 3.89. The molecule has 1 amide bonds. The van der Waals surface area contributed by atoms with E-state index >= 15 is 0 Å². The van der Waals surface area contributed by atoms with Crippen molar-refractivity contribution >= 4 is 22.6 Å². The van der Waals surface area contributed by atoms with Crippen LogP contribution in [-0.2, 0) is 11.3 Å². The maximum absolute atomic E-state index is 12.4. The van der Waals surface area contributed by atoms with Crippen LogP contribution in [-0.4, -0.2) is 35.8 Å². The number of nitrogens with one attached hydrogen (secondary N) is 1. The van der Waals surface area contributed by atoms with E-state index in [0.29, 0.717) is 36.1 Å². The van der Waals surface area contributed by atoms with Crippen molar-refractivity contribution in [3.63, 3.8) is 0 Å². The summed E-state index contributed by atoms with van der Waals surface area (Å²) < 4.78 is 18.2. The van der Waals surface area contributed by atoms with Gasteiger partial charge in [-0.25, -0.2) is 4.98 Å². The van der Waals surface area contributed by atoms with E-state index in [0.717, 1.165) is 11.0 Å². The van der Waals surface area contributed by atoms with E-state index < -0.39 is 0 Å². The van der Waals surface area contributed by atoms with Crippen molar-refractivity contribution in [3.8, 4) is 17.2 Å². The lowest BCUT2D eigenvalue weighted by molar-refractivity contribution is -0.116. The maximum atomic E-state index is 12.4. The van der Waals surface area contributed by atoms with Crippen LogP contribution in [0.15, 0.2) is 42.7 Å². The third-order valence-corrected chi connectivity index (χ3v) is 3.98. The number of hydrogen-bond acceptors (Lipinski definition) is 5. The van der Waals surface area contributed by atoms with Crippen molar-refractivity contribution in [2.75, 3.05) is 25.6 Å². The number of imidazole rings is 1. The van der Waals surface area contributed by atoms with Gasteiger partial charge in [-0.05, 0) is 12.1 Å². The van der Waals surface area contributed by atoms with Crippen molar-refractivity contribution in [2.24, 2.45) is 0 Å². The number of aromatic nitrogens is 2. The van der Waals surface area contributed by atoms with Gasteiger partial charge in [0.15, 0.2) is 11.5 Å². The summed E-state index contributed by atoms with van der Waals surface area (Å²) in [6.45, 7) is 1.18. The molecule has 7 heteroatoms. The number of fused-ring (bicyclic) bond motifs is 2. The Bertz CT molecular complexity index is 935. The molecule has 0 fully saturated rings. The maximum Gasteiger partial charge on any atom is 0.244 e. The molecule has 0 atom stereocenters. The van der Waals surface area contributed by atoms with Gasteiger partial charge in [0.1, 0.15) is 25.5 Å². The summed E-state index contributed by atoms with van der Waals surface area (Å²) in [5, 5.41) is 2.86. The standard InChI is InChI=1S/C18H17N3O4/c1-23-15-5-3-2-4-12(15)20-18(22)10-21-11-19-13-8-16-17(9-14(13)21)25-7-6-24-16/h2-5,8-9,11H,6-7,10H2,1H3,(H,20,22). The SMILES string of the molecule is COc1ccccc1NC(=O)Cn1cnc2cc3c(cc21)OCCO3. The molecular formula is C18H17N3O4. The van der Waals surface area contributed by atoms with Crippen molar-refractivity contribution in [1.29, 1.82) is 0 Å². The van der Waals surface area contributed by atoms with Gasteiger partial charge < -0.3 is 24.1 Å². The van der Waals surface area contributed by atoms with Crippen LogP contribution >= 0.6 is 0 Å². The summed E-state index contributed by atoms with van der Waals surface area (Å²) in [5.41, 5.74) is 2.21. The van der Waals surface area contributed by atoms with E-state index in [1.54, 1.807) is 30.1 Å². The number of benzene rings is 2. The summed E-state index contributed by atoms with van der Waals surface area (Å²) in [7, 11) is 1.57. The minimum Gasteiger partial charge on any atom is -0.495 e. The van der Waals surface area contributed by atoms with Crippen LogP contribution in [0.3, 0.4) is 0 Å². The molecule has 0 radical (unpaired) electrons. The van der Waals surface area contributed by atoms with Crippen LogP contribution in [0.5, 0.6) is 17.2 Å². The number of anilines is 1. The Balaban J connectivity index is 1.57. The molecule has 0 spiro atoms. The Morgan fingerprint density at radius 1 is 1.24 bits per heavy atom. The Hall–Kier alpha value is -3.22. The van der Waals surface area contributed by atoms with Gasteiger partial charge in [-0.2, -0.15) is 0 Å². The molecule has 4 rings (SSSR count). The van der Waals surface area contributed by atoms with Crippen molar-refractivity contribution in [1.82, 2.24) is 9.55 Å². The number of carbonyl (C=O) groups excluding carboxylic acids is 1. The monoisotopic (exact) mass is 339 g/mol. The second kappa shape index (κ2) is 6.35. The predicted octanol–water partition coefficient (Wildman–Crippen LogP) is 2.45. The second-order valence-corrected chi connectivity index (χ2v) is 5.61. The van der Waals surface area contributed by atoms with Gasteiger partial charge in [0.25, 0.3) is 0 Å². The van der Waals surface area contributed by atoms with Crippen LogP contribution < -0.4 is 19.5 Å². The summed E-state index contributed by atoms with van der Waals surface area (Å²) >= 11 is 0. The highest BCUT2D eigenvalue weighted by atomic mass is 16.6. The molecule has 1 N–H and O–H groups in total. The van der Waals surface area contributed by atoms with E-state index in [1.807, 2.05) is 24.3 Å². The van der Waals surface area contributed by atoms with E-state index in [1.165, 1.54) is 0 Å². The molecule has 2 aromatic carbocycles. The van der Waals surface area contributed by atoms with E-state index in [4.69, 9.17) is 14.2 Å². The molecule has 0 bridgehead atoms. The lowest BCUT2D eigenvalue weighted by Gasteiger charge is -2.18. The number of carbonyl (C=O) groups is 1. The molecule has 1 aromatic heterocycles.